The Hall–Kier alpha value is -3.53. The number of nitrogens with two attached hydrogens (primary N) is 1. The van der Waals surface area contributed by atoms with Gasteiger partial charge in [0.05, 0.1) is 15.1 Å². The minimum absolute atomic E-state index is 0.0166. The van der Waals surface area contributed by atoms with Crippen LogP contribution >= 0.6 is 11.3 Å². The highest BCUT2D eigenvalue weighted by atomic mass is 32.1. The summed E-state index contributed by atoms with van der Waals surface area (Å²) >= 11 is 1.22. The number of hydrogen-bond acceptors (Lipinski definition) is 7. The number of benzene rings is 2. The lowest BCUT2D eigenvalue weighted by atomic mass is 10.1. The molecule has 0 aliphatic heterocycles. The minimum Gasteiger partial charge on any atom is -0.393 e. The van der Waals surface area contributed by atoms with Crippen molar-refractivity contribution in [1.82, 2.24) is 4.98 Å². The van der Waals surface area contributed by atoms with E-state index < -0.39 is 10.8 Å². The van der Waals surface area contributed by atoms with E-state index in [0.717, 1.165) is 10.8 Å². The van der Waals surface area contributed by atoms with E-state index in [1.807, 2.05) is 0 Å². The quantitative estimate of drug-likeness (QED) is 0.366. The van der Waals surface area contributed by atoms with E-state index in [1.54, 1.807) is 18.2 Å². The summed E-state index contributed by atoms with van der Waals surface area (Å²) in [5.74, 6) is -0.721. The van der Waals surface area contributed by atoms with Crippen molar-refractivity contribution >= 4 is 55.6 Å². The number of hydrogen-bond donors (Lipinski definition) is 3. The third kappa shape index (κ3) is 3.59. The van der Waals surface area contributed by atoms with Gasteiger partial charge in [-0.15, -0.1) is 0 Å². The Bertz CT molecular complexity index is 1050. The Morgan fingerprint density at radius 2 is 1.96 bits per heavy atom. The number of anilines is 3. The van der Waals surface area contributed by atoms with Crippen LogP contribution in [0.4, 0.5) is 22.2 Å². The van der Waals surface area contributed by atoms with Crippen LogP contribution in [0.1, 0.15) is 17.3 Å². The predicted octanol–water partition coefficient (Wildman–Crippen LogP) is 3.00. The van der Waals surface area contributed by atoms with Gasteiger partial charge in [0.15, 0.2) is 5.13 Å². The van der Waals surface area contributed by atoms with E-state index in [2.05, 4.69) is 15.6 Å². The molecule has 1 heterocycles. The van der Waals surface area contributed by atoms with Gasteiger partial charge in [0.2, 0.25) is 5.91 Å². The molecule has 26 heavy (non-hydrogen) atoms. The van der Waals surface area contributed by atoms with Crippen LogP contribution < -0.4 is 16.4 Å². The number of nitrogen functional groups attached to an aromatic ring is 1. The molecule has 0 aliphatic rings. The van der Waals surface area contributed by atoms with Crippen LogP contribution in [-0.2, 0) is 4.79 Å². The fourth-order valence-electron chi connectivity index (χ4n) is 2.27. The average molecular weight is 371 g/mol. The zero-order chi connectivity index (χ0) is 18.8. The molecule has 0 radical (unpaired) electrons. The number of thiazole rings is 1. The van der Waals surface area contributed by atoms with Crippen LogP contribution in [-0.4, -0.2) is 21.7 Å². The number of nitro benzene ring substituents is 1. The second kappa shape index (κ2) is 6.76. The number of fused-ring (bicyclic) bond motifs is 1. The minimum atomic E-state index is -0.645. The van der Waals surface area contributed by atoms with Crippen LogP contribution in [0.5, 0.6) is 0 Å². The lowest BCUT2D eigenvalue weighted by Gasteiger charge is -2.03. The molecule has 3 rings (SSSR count). The van der Waals surface area contributed by atoms with Crippen LogP contribution in [0.25, 0.3) is 10.2 Å². The first-order valence-corrected chi connectivity index (χ1v) is 8.18. The topological polar surface area (TPSA) is 140 Å². The number of carbonyl (C=O) groups excluding carboxylic acids is 2. The summed E-state index contributed by atoms with van der Waals surface area (Å²) in [5.41, 5.74) is 6.56. The fourth-order valence-corrected chi connectivity index (χ4v) is 3.17. The SMILES string of the molecule is CC(=O)Nc1ccc2nc(NC(=O)c3ccc(N)c([N+](=O)[O-])c3)sc2c1. The van der Waals surface area contributed by atoms with Crippen molar-refractivity contribution in [2.45, 2.75) is 6.92 Å². The molecule has 0 aliphatic carbocycles. The first-order chi connectivity index (χ1) is 12.3. The molecule has 10 heteroatoms. The van der Waals surface area contributed by atoms with Crippen LogP contribution in [0.3, 0.4) is 0 Å². The molecule has 9 nitrogen and oxygen atoms in total. The summed E-state index contributed by atoms with van der Waals surface area (Å²) in [4.78, 5) is 38.0. The smallest absolute Gasteiger partial charge is 0.292 e. The number of nitrogens with one attached hydrogen (secondary N) is 2. The largest absolute Gasteiger partial charge is 0.393 e. The first kappa shape index (κ1) is 17.3. The standard InChI is InChI=1S/C16H13N5O4S/c1-8(22)18-10-3-5-12-14(7-10)26-16(19-12)20-15(23)9-2-4-11(17)13(6-9)21(24)25/h2-7H,17H2,1H3,(H,18,22)(H,19,20,23). The summed E-state index contributed by atoms with van der Waals surface area (Å²) in [7, 11) is 0. The highest BCUT2D eigenvalue weighted by molar-refractivity contribution is 7.22. The van der Waals surface area contributed by atoms with Crippen molar-refractivity contribution in [1.29, 1.82) is 0 Å². The zero-order valence-corrected chi connectivity index (χ0v) is 14.3. The Balaban J connectivity index is 1.84. The Kier molecular flexibility index (Phi) is 4.50. The van der Waals surface area contributed by atoms with Gasteiger partial charge in [-0.1, -0.05) is 11.3 Å². The van der Waals surface area contributed by atoms with E-state index >= 15 is 0 Å². The molecule has 0 fully saturated rings. The highest BCUT2D eigenvalue weighted by Crippen LogP contribution is 2.29. The lowest BCUT2D eigenvalue weighted by Crippen LogP contribution is -2.12. The van der Waals surface area contributed by atoms with Crippen molar-refractivity contribution in [2.24, 2.45) is 0 Å². The molecule has 0 bridgehead atoms. The van der Waals surface area contributed by atoms with Crippen molar-refractivity contribution in [3.8, 4) is 0 Å². The van der Waals surface area contributed by atoms with Gasteiger partial charge in [-0.05, 0) is 30.3 Å². The van der Waals surface area contributed by atoms with E-state index in [-0.39, 0.29) is 22.8 Å². The van der Waals surface area contributed by atoms with E-state index in [1.165, 1.54) is 30.4 Å². The van der Waals surface area contributed by atoms with Crippen LogP contribution in [0, 0.1) is 10.1 Å². The maximum absolute atomic E-state index is 12.3. The number of amides is 2. The Morgan fingerprint density at radius 1 is 1.19 bits per heavy atom. The van der Waals surface area contributed by atoms with Crippen LogP contribution in [0.2, 0.25) is 0 Å². The van der Waals surface area contributed by atoms with Crippen molar-refractivity contribution in [2.75, 3.05) is 16.4 Å². The van der Waals surface area contributed by atoms with Gasteiger partial charge < -0.3 is 11.1 Å². The Labute approximate surface area is 151 Å². The second-order valence-electron chi connectivity index (χ2n) is 5.37. The monoisotopic (exact) mass is 371 g/mol. The van der Waals surface area contributed by atoms with Crippen molar-refractivity contribution in [3.63, 3.8) is 0 Å². The second-order valence-corrected chi connectivity index (χ2v) is 6.40. The molecule has 4 N–H and O–H groups in total. The average Bonchev–Trinajstić information content (AvgIpc) is 2.95. The Morgan fingerprint density at radius 3 is 2.65 bits per heavy atom. The highest BCUT2D eigenvalue weighted by Gasteiger charge is 2.17. The summed E-state index contributed by atoms with van der Waals surface area (Å²) < 4.78 is 0.773. The van der Waals surface area contributed by atoms with Gasteiger partial charge in [0, 0.05) is 24.2 Å². The van der Waals surface area contributed by atoms with Gasteiger partial charge in [0.25, 0.3) is 11.6 Å². The predicted molar refractivity (Wildman–Crippen MR) is 99.4 cm³/mol. The fraction of sp³-hybridized carbons (Fsp3) is 0.0625. The lowest BCUT2D eigenvalue weighted by molar-refractivity contribution is -0.383. The molecule has 132 valence electrons. The maximum Gasteiger partial charge on any atom is 0.292 e. The van der Waals surface area contributed by atoms with E-state index in [0.29, 0.717) is 16.3 Å². The van der Waals surface area contributed by atoms with Crippen LogP contribution in [0.15, 0.2) is 36.4 Å². The third-order valence-corrected chi connectivity index (χ3v) is 4.35. The molecule has 2 amide bonds. The van der Waals surface area contributed by atoms with Gasteiger partial charge in [-0.2, -0.15) is 0 Å². The molecule has 1 aromatic heterocycles. The number of nitrogens with zero attached hydrogens (tertiary/aromatic N) is 2. The number of rotatable bonds is 4. The zero-order valence-electron chi connectivity index (χ0n) is 13.5. The molecular weight excluding hydrogens is 358 g/mol. The first-order valence-electron chi connectivity index (χ1n) is 7.37. The van der Waals surface area contributed by atoms with Gasteiger partial charge >= 0.3 is 0 Å². The molecular formula is C16H13N5O4S. The number of carbonyl (C=O) groups is 2. The normalized spacial score (nSPS) is 10.5. The summed E-state index contributed by atoms with van der Waals surface area (Å²) in [6.07, 6.45) is 0. The van der Waals surface area contributed by atoms with Gasteiger partial charge in [-0.25, -0.2) is 4.98 Å². The van der Waals surface area contributed by atoms with Gasteiger partial charge in [0.1, 0.15) is 5.69 Å². The van der Waals surface area contributed by atoms with E-state index in [4.69, 9.17) is 5.73 Å². The molecule has 2 aromatic carbocycles. The molecule has 0 spiro atoms. The van der Waals surface area contributed by atoms with Gasteiger partial charge in [-0.3, -0.25) is 25.0 Å². The number of nitro groups is 1. The molecule has 0 atom stereocenters. The number of aromatic nitrogens is 1. The maximum atomic E-state index is 12.3. The summed E-state index contributed by atoms with van der Waals surface area (Å²) in [6, 6.07) is 9.01. The molecule has 3 aromatic rings. The summed E-state index contributed by atoms with van der Waals surface area (Å²) in [5, 5.41) is 16.6. The van der Waals surface area contributed by atoms with Crippen molar-refractivity contribution in [3.05, 3.63) is 52.1 Å². The molecule has 0 saturated heterocycles. The van der Waals surface area contributed by atoms with Crippen molar-refractivity contribution < 1.29 is 14.5 Å². The third-order valence-electron chi connectivity index (χ3n) is 3.42. The van der Waals surface area contributed by atoms with E-state index in [9.17, 15) is 19.7 Å². The summed E-state index contributed by atoms with van der Waals surface area (Å²) in [6.45, 7) is 1.41. The molecule has 0 saturated carbocycles. The molecule has 0 unspecified atom stereocenters.